The van der Waals surface area contributed by atoms with E-state index in [1.54, 1.807) is 13.2 Å². The second-order valence-electron chi connectivity index (χ2n) is 5.20. The van der Waals surface area contributed by atoms with Crippen molar-refractivity contribution in [3.8, 4) is 17.1 Å². The van der Waals surface area contributed by atoms with E-state index in [9.17, 15) is 0 Å². The number of tetrazole rings is 1. The molecule has 106 valence electrons. The summed E-state index contributed by atoms with van der Waals surface area (Å²) in [6.45, 7) is 0. The molecule has 1 saturated carbocycles. The normalized spacial score (nSPS) is 16.2. The van der Waals surface area contributed by atoms with Crippen molar-refractivity contribution in [2.45, 2.75) is 38.1 Å². The molecule has 6 nitrogen and oxygen atoms in total. The zero-order valence-corrected chi connectivity index (χ0v) is 11.6. The SMILES string of the molecule is COc1cc(N)ccc1-c1nnnn1C1CCCCC1. The summed E-state index contributed by atoms with van der Waals surface area (Å²) in [5.41, 5.74) is 7.35. The predicted molar refractivity (Wildman–Crippen MR) is 76.3 cm³/mol. The van der Waals surface area contributed by atoms with E-state index in [-0.39, 0.29) is 0 Å². The van der Waals surface area contributed by atoms with Crippen molar-refractivity contribution >= 4 is 5.69 Å². The zero-order valence-electron chi connectivity index (χ0n) is 11.6. The van der Waals surface area contributed by atoms with Gasteiger partial charge in [0.05, 0.1) is 18.7 Å². The molecule has 1 aliphatic rings. The van der Waals surface area contributed by atoms with Crippen LogP contribution in [-0.4, -0.2) is 27.3 Å². The smallest absolute Gasteiger partial charge is 0.186 e. The maximum Gasteiger partial charge on any atom is 0.186 e. The van der Waals surface area contributed by atoms with Crippen LogP contribution in [0.4, 0.5) is 5.69 Å². The molecule has 0 amide bonds. The molecular formula is C14H19N5O. The molecule has 1 aliphatic carbocycles. The number of methoxy groups -OCH3 is 1. The van der Waals surface area contributed by atoms with Gasteiger partial charge in [-0.3, -0.25) is 0 Å². The van der Waals surface area contributed by atoms with Gasteiger partial charge in [0.25, 0.3) is 0 Å². The average molecular weight is 273 g/mol. The molecule has 2 aromatic rings. The van der Waals surface area contributed by atoms with Crippen molar-refractivity contribution in [1.29, 1.82) is 0 Å². The van der Waals surface area contributed by atoms with E-state index < -0.39 is 0 Å². The molecule has 0 radical (unpaired) electrons. The van der Waals surface area contributed by atoms with Gasteiger partial charge < -0.3 is 10.5 Å². The minimum atomic E-state index is 0.385. The van der Waals surface area contributed by atoms with E-state index in [4.69, 9.17) is 10.5 Å². The fraction of sp³-hybridized carbons (Fsp3) is 0.500. The van der Waals surface area contributed by atoms with Crippen LogP contribution in [-0.2, 0) is 0 Å². The van der Waals surface area contributed by atoms with Gasteiger partial charge in [-0.15, -0.1) is 5.10 Å². The fourth-order valence-electron chi connectivity index (χ4n) is 2.84. The van der Waals surface area contributed by atoms with Gasteiger partial charge >= 0.3 is 0 Å². The molecule has 0 saturated heterocycles. The van der Waals surface area contributed by atoms with Gasteiger partial charge in [-0.25, -0.2) is 4.68 Å². The lowest BCUT2D eigenvalue weighted by Crippen LogP contribution is -2.15. The van der Waals surface area contributed by atoms with E-state index in [2.05, 4.69) is 15.5 Å². The van der Waals surface area contributed by atoms with E-state index in [1.165, 1.54) is 19.3 Å². The highest BCUT2D eigenvalue weighted by Gasteiger charge is 2.22. The Kier molecular flexibility index (Phi) is 3.54. The summed E-state index contributed by atoms with van der Waals surface area (Å²) in [5, 5.41) is 12.2. The summed E-state index contributed by atoms with van der Waals surface area (Å²) in [6, 6.07) is 5.95. The molecular weight excluding hydrogens is 254 g/mol. The number of nitrogens with two attached hydrogens (primary N) is 1. The largest absolute Gasteiger partial charge is 0.496 e. The van der Waals surface area contributed by atoms with Gasteiger partial charge in [0.2, 0.25) is 0 Å². The lowest BCUT2D eigenvalue weighted by Gasteiger charge is -2.22. The summed E-state index contributed by atoms with van der Waals surface area (Å²) in [5.74, 6) is 1.46. The topological polar surface area (TPSA) is 78.8 Å². The Bertz CT molecular complexity index is 589. The number of hydrogen-bond acceptors (Lipinski definition) is 5. The molecule has 20 heavy (non-hydrogen) atoms. The highest BCUT2D eigenvalue weighted by Crippen LogP contribution is 2.34. The molecule has 1 aromatic carbocycles. The lowest BCUT2D eigenvalue weighted by molar-refractivity contribution is 0.326. The third-order valence-corrected chi connectivity index (χ3v) is 3.88. The molecule has 3 rings (SSSR count). The van der Waals surface area contributed by atoms with Crippen molar-refractivity contribution in [1.82, 2.24) is 20.2 Å². The Morgan fingerprint density at radius 3 is 2.80 bits per heavy atom. The number of nitrogens with zero attached hydrogens (tertiary/aromatic N) is 4. The maximum absolute atomic E-state index is 5.80. The van der Waals surface area contributed by atoms with Gasteiger partial charge in [0, 0.05) is 11.8 Å². The van der Waals surface area contributed by atoms with Crippen LogP contribution in [0.1, 0.15) is 38.1 Å². The molecule has 0 bridgehead atoms. The van der Waals surface area contributed by atoms with Crippen LogP contribution in [0, 0.1) is 0 Å². The number of nitrogen functional groups attached to an aromatic ring is 1. The standard InChI is InChI=1S/C14H19N5O/c1-20-13-9-10(15)7-8-12(13)14-16-17-18-19(14)11-5-3-2-4-6-11/h7-9,11H,2-6,15H2,1H3. The fourth-order valence-corrected chi connectivity index (χ4v) is 2.84. The Hall–Kier alpha value is -2.11. The third kappa shape index (κ3) is 2.33. The molecule has 2 N–H and O–H groups in total. The van der Waals surface area contributed by atoms with Crippen LogP contribution in [0.15, 0.2) is 18.2 Å². The molecule has 1 heterocycles. The molecule has 1 fully saturated rings. The predicted octanol–water partition coefficient (Wildman–Crippen LogP) is 2.44. The highest BCUT2D eigenvalue weighted by molar-refractivity contribution is 5.67. The van der Waals surface area contributed by atoms with Crippen molar-refractivity contribution in [3.05, 3.63) is 18.2 Å². The number of hydrogen-bond donors (Lipinski definition) is 1. The van der Waals surface area contributed by atoms with Crippen LogP contribution in [0.3, 0.4) is 0 Å². The average Bonchev–Trinajstić information content (AvgIpc) is 2.97. The van der Waals surface area contributed by atoms with Gasteiger partial charge in [-0.1, -0.05) is 19.3 Å². The Morgan fingerprint density at radius 2 is 2.05 bits per heavy atom. The van der Waals surface area contributed by atoms with Crippen molar-refractivity contribution in [2.75, 3.05) is 12.8 Å². The van der Waals surface area contributed by atoms with E-state index in [0.717, 1.165) is 24.2 Å². The van der Waals surface area contributed by atoms with Gasteiger partial charge in [0.1, 0.15) is 5.75 Å². The molecule has 6 heteroatoms. The van der Waals surface area contributed by atoms with Crippen LogP contribution in [0.5, 0.6) is 5.75 Å². The second kappa shape index (κ2) is 5.48. The Morgan fingerprint density at radius 1 is 1.25 bits per heavy atom. The number of aromatic nitrogens is 4. The second-order valence-corrected chi connectivity index (χ2v) is 5.20. The van der Waals surface area contributed by atoms with E-state index >= 15 is 0 Å². The summed E-state index contributed by atoms with van der Waals surface area (Å²) in [7, 11) is 1.63. The number of anilines is 1. The molecule has 0 unspecified atom stereocenters. The van der Waals surface area contributed by atoms with Crippen molar-refractivity contribution in [3.63, 3.8) is 0 Å². The van der Waals surface area contributed by atoms with Crippen LogP contribution < -0.4 is 10.5 Å². The Labute approximate surface area is 117 Å². The van der Waals surface area contributed by atoms with Gasteiger partial charge in [0.15, 0.2) is 5.82 Å². The minimum absolute atomic E-state index is 0.385. The first-order chi connectivity index (χ1) is 9.79. The molecule has 0 aliphatic heterocycles. The van der Waals surface area contributed by atoms with Crippen molar-refractivity contribution in [2.24, 2.45) is 0 Å². The summed E-state index contributed by atoms with van der Waals surface area (Å²) in [4.78, 5) is 0. The van der Waals surface area contributed by atoms with Crippen molar-refractivity contribution < 1.29 is 4.74 Å². The lowest BCUT2D eigenvalue weighted by atomic mass is 9.95. The Balaban J connectivity index is 2.00. The zero-order chi connectivity index (χ0) is 13.9. The van der Waals surface area contributed by atoms with Gasteiger partial charge in [-0.05, 0) is 35.4 Å². The monoisotopic (exact) mass is 273 g/mol. The van der Waals surface area contributed by atoms with E-state index in [1.807, 2.05) is 16.8 Å². The van der Waals surface area contributed by atoms with Gasteiger partial charge in [-0.2, -0.15) is 0 Å². The summed E-state index contributed by atoms with van der Waals surface area (Å²) < 4.78 is 7.34. The first-order valence-corrected chi connectivity index (χ1v) is 7.01. The molecule has 1 aromatic heterocycles. The summed E-state index contributed by atoms with van der Waals surface area (Å²) >= 11 is 0. The molecule has 0 atom stereocenters. The maximum atomic E-state index is 5.80. The summed E-state index contributed by atoms with van der Waals surface area (Å²) in [6.07, 6.45) is 6.05. The van der Waals surface area contributed by atoms with Crippen LogP contribution in [0.2, 0.25) is 0 Å². The number of rotatable bonds is 3. The molecule has 0 spiro atoms. The van der Waals surface area contributed by atoms with E-state index in [0.29, 0.717) is 17.5 Å². The third-order valence-electron chi connectivity index (χ3n) is 3.88. The minimum Gasteiger partial charge on any atom is -0.496 e. The van der Waals surface area contributed by atoms with Crippen LogP contribution >= 0.6 is 0 Å². The van der Waals surface area contributed by atoms with Crippen LogP contribution in [0.25, 0.3) is 11.4 Å². The highest BCUT2D eigenvalue weighted by atomic mass is 16.5. The number of benzene rings is 1. The first kappa shape index (κ1) is 12.9. The number of ether oxygens (including phenoxy) is 1. The quantitative estimate of drug-likeness (QED) is 0.869. The first-order valence-electron chi connectivity index (χ1n) is 7.01.